The van der Waals surface area contributed by atoms with Crippen LogP contribution in [0, 0.1) is 0 Å². The minimum atomic E-state index is -4.44. The summed E-state index contributed by atoms with van der Waals surface area (Å²) in [5.74, 6) is 0.298. The lowest BCUT2D eigenvalue weighted by Gasteiger charge is -2.47. The molecule has 29 heavy (non-hydrogen) atoms. The molecule has 0 spiro atoms. The van der Waals surface area contributed by atoms with E-state index in [1.807, 2.05) is 20.8 Å². The molecular formula is C20H27BrF3NO4. The molecule has 0 aromatic heterocycles. The Hall–Kier alpha value is -1.03. The highest BCUT2D eigenvalue weighted by Crippen LogP contribution is 2.47. The van der Waals surface area contributed by atoms with Gasteiger partial charge < -0.3 is 19.3 Å². The molecule has 1 N–H and O–H groups in total. The Bertz CT molecular complexity index is 751. The number of nitrogens with zero attached hydrogens (tertiary/aromatic N) is 1. The van der Waals surface area contributed by atoms with Crippen molar-refractivity contribution in [2.24, 2.45) is 0 Å². The first kappa shape index (κ1) is 22.7. The van der Waals surface area contributed by atoms with Crippen LogP contribution < -0.4 is 9.47 Å². The fourth-order valence-electron chi connectivity index (χ4n) is 4.06. The number of benzene rings is 1. The third-order valence-corrected chi connectivity index (χ3v) is 6.02. The second-order valence-electron chi connectivity index (χ2n) is 8.53. The molecule has 2 aliphatic rings. The predicted octanol–water partition coefficient (Wildman–Crippen LogP) is 4.25. The number of halogens is 4. The number of piperidine rings is 1. The highest BCUT2D eigenvalue weighted by atomic mass is 79.9. The first-order chi connectivity index (χ1) is 13.4. The zero-order valence-corrected chi connectivity index (χ0v) is 18.6. The van der Waals surface area contributed by atoms with Crippen LogP contribution in [-0.2, 0) is 11.2 Å². The SMILES string of the molecule is COc1cc2c(c(Br)c1OCC(F)(F)F)CCN1C[C@@H](OC(C)(C)C)[C@H](O)C[C@H]21. The van der Waals surface area contributed by atoms with E-state index in [-0.39, 0.29) is 29.2 Å². The summed E-state index contributed by atoms with van der Waals surface area (Å²) < 4.78 is 54.8. The molecule has 1 aromatic rings. The Morgan fingerprint density at radius 3 is 2.55 bits per heavy atom. The maximum absolute atomic E-state index is 12.6. The van der Waals surface area contributed by atoms with Gasteiger partial charge in [-0.15, -0.1) is 0 Å². The van der Waals surface area contributed by atoms with Crippen LogP contribution in [0.4, 0.5) is 13.2 Å². The van der Waals surface area contributed by atoms with Crippen molar-refractivity contribution >= 4 is 15.9 Å². The lowest BCUT2D eigenvalue weighted by atomic mass is 9.84. The summed E-state index contributed by atoms with van der Waals surface area (Å²) in [6.07, 6.45) is -4.23. The monoisotopic (exact) mass is 481 g/mol. The zero-order valence-electron chi connectivity index (χ0n) is 17.0. The van der Waals surface area contributed by atoms with E-state index < -0.39 is 18.9 Å². The van der Waals surface area contributed by atoms with Crippen LogP contribution in [0.1, 0.15) is 44.4 Å². The number of ether oxygens (including phenoxy) is 3. The standard InChI is InChI=1S/C20H27BrF3NO4/c1-19(2,3)29-16-9-25-6-5-11-12(13(25)8-14(16)26)7-15(27-4)18(17(11)21)28-10-20(22,23)24/h7,13-14,16,26H,5-6,8-10H2,1-4H3/t13-,14-,16-/m1/s1. The fraction of sp³-hybridized carbons (Fsp3) is 0.700. The highest BCUT2D eigenvalue weighted by molar-refractivity contribution is 9.10. The Balaban J connectivity index is 1.89. The second kappa shape index (κ2) is 8.24. The van der Waals surface area contributed by atoms with Gasteiger partial charge in [-0.3, -0.25) is 4.90 Å². The molecule has 9 heteroatoms. The van der Waals surface area contributed by atoms with Crippen LogP contribution in [0.2, 0.25) is 0 Å². The maximum atomic E-state index is 12.6. The Morgan fingerprint density at radius 2 is 1.97 bits per heavy atom. The molecular weight excluding hydrogens is 455 g/mol. The lowest BCUT2D eigenvalue weighted by Crippen LogP contribution is -2.53. The van der Waals surface area contributed by atoms with Gasteiger partial charge in [0.1, 0.15) is 0 Å². The second-order valence-corrected chi connectivity index (χ2v) is 9.32. The van der Waals surface area contributed by atoms with Gasteiger partial charge in [0.05, 0.1) is 29.4 Å². The molecule has 2 heterocycles. The number of fused-ring (bicyclic) bond motifs is 3. The Morgan fingerprint density at radius 1 is 1.28 bits per heavy atom. The number of alkyl halides is 3. The molecule has 2 aliphatic heterocycles. The van der Waals surface area contributed by atoms with Crippen molar-refractivity contribution in [1.29, 1.82) is 0 Å². The molecule has 0 aliphatic carbocycles. The Labute approximate surface area is 177 Å². The van der Waals surface area contributed by atoms with Crippen LogP contribution in [0.3, 0.4) is 0 Å². The molecule has 1 aromatic carbocycles. The average molecular weight is 482 g/mol. The minimum absolute atomic E-state index is 0.0577. The van der Waals surface area contributed by atoms with Crippen LogP contribution in [0.25, 0.3) is 0 Å². The molecule has 3 atom stereocenters. The third-order valence-electron chi connectivity index (χ3n) is 5.19. The summed E-state index contributed by atoms with van der Waals surface area (Å²) in [5.41, 5.74) is 1.47. The first-order valence-corrected chi connectivity index (χ1v) is 10.4. The molecule has 1 saturated heterocycles. The van der Waals surface area contributed by atoms with Crippen molar-refractivity contribution in [3.63, 3.8) is 0 Å². The summed E-state index contributed by atoms with van der Waals surface area (Å²) in [5, 5.41) is 10.7. The van der Waals surface area contributed by atoms with Gasteiger partial charge in [0, 0.05) is 19.1 Å². The van der Waals surface area contributed by atoms with Gasteiger partial charge >= 0.3 is 6.18 Å². The van der Waals surface area contributed by atoms with Gasteiger partial charge in [-0.05, 0) is 66.7 Å². The highest BCUT2D eigenvalue weighted by Gasteiger charge is 2.41. The van der Waals surface area contributed by atoms with Gasteiger partial charge in [-0.2, -0.15) is 13.2 Å². The summed E-state index contributed by atoms with van der Waals surface area (Å²) >= 11 is 3.43. The molecule has 0 saturated carbocycles. The minimum Gasteiger partial charge on any atom is -0.493 e. The van der Waals surface area contributed by atoms with E-state index in [0.717, 1.165) is 17.7 Å². The van der Waals surface area contributed by atoms with E-state index in [4.69, 9.17) is 14.2 Å². The number of rotatable bonds is 4. The zero-order chi connectivity index (χ0) is 21.6. The van der Waals surface area contributed by atoms with Crippen LogP contribution in [0.15, 0.2) is 10.5 Å². The van der Waals surface area contributed by atoms with Gasteiger partial charge in [0.15, 0.2) is 18.1 Å². The largest absolute Gasteiger partial charge is 0.493 e. The third kappa shape index (κ3) is 5.18. The quantitative estimate of drug-likeness (QED) is 0.696. The smallest absolute Gasteiger partial charge is 0.422 e. The molecule has 5 nitrogen and oxygen atoms in total. The van der Waals surface area contributed by atoms with Crippen molar-refractivity contribution in [3.05, 3.63) is 21.7 Å². The summed E-state index contributed by atoms with van der Waals surface area (Å²) in [7, 11) is 1.40. The molecule has 0 radical (unpaired) electrons. The number of methoxy groups -OCH3 is 1. The molecule has 0 unspecified atom stereocenters. The van der Waals surface area contributed by atoms with E-state index >= 15 is 0 Å². The first-order valence-electron chi connectivity index (χ1n) is 9.58. The molecule has 1 fully saturated rings. The number of aliphatic hydroxyl groups is 1. The van der Waals surface area contributed by atoms with Crippen LogP contribution in [0.5, 0.6) is 11.5 Å². The van der Waals surface area contributed by atoms with E-state index in [2.05, 4.69) is 20.8 Å². The maximum Gasteiger partial charge on any atom is 0.422 e. The van der Waals surface area contributed by atoms with Crippen molar-refractivity contribution in [2.75, 3.05) is 26.8 Å². The van der Waals surface area contributed by atoms with E-state index in [1.165, 1.54) is 7.11 Å². The van der Waals surface area contributed by atoms with Gasteiger partial charge in [0.25, 0.3) is 0 Å². The number of hydrogen-bond acceptors (Lipinski definition) is 5. The normalized spacial score (nSPS) is 25.3. The van der Waals surface area contributed by atoms with Gasteiger partial charge in [0.2, 0.25) is 0 Å². The van der Waals surface area contributed by atoms with Crippen molar-refractivity contribution in [3.8, 4) is 11.5 Å². The summed E-state index contributed by atoms with van der Waals surface area (Å²) in [6.45, 7) is 5.80. The Kier molecular flexibility index (Phi) is 6.44. The van der Waals surface area contributed by atoms with Crippen LogP contribution >= 0.6 is 15.9 Å². The fourth-order valence-corrected chi connectivity index (χ4v) is 4.80. The van der Waals surface area contributed by atoms with Crippen molar-refractivity contribution in [2.45, 2.75) is 63.6 Å². The van der Waals surface area contributed by atoms with Crippen molar-refractivity contribution in [1.82, 2.24) is 4.90 Å². The van der Waals surface area contributed by atoms with E-state index in [0.29, 0.717) is 23.9 Å². The van der Waals surface area contributed by atoms with Crippen LogP contribution in [-0.4, -0.2) is 60.8 Å². The molecule has 164 valence electrons. The van der Waals surface area contributed by atoms with Crippen molar-refractivity contribution < 1.29 is 32.5 Å². The number of aliphatic hydroxyl groups excluding tert-OH is 1. The van der Waals surface area contributed by atoms with Gasteiger partial charge in [-0.25, -0.2) is 0 Å². The summed E-state index contributed by atoms with van der Waals surface area (Å²) in [6, 6.07) is 1.68. The molecule has 0 amide bonds. The topological polar surface area (TPSA) is 51.2 Å². The number of hydrogen-bond donors (Lipinski definition) is 1. The molecule has 0 bridgehead atoms. The molecule has 3 rings (SSSR count). The van der Waals surface area contributed by atoms with E-state index in [1.54, 1.807) is 6.07 Å². The average Bonchev–Trinajstić information content (AvgIpc) is 2.59. The summed E-state index contributed by atoms with van der Waals surface area (Å²) in [4.78, 5) is 2.26. The predicted molar refractivity (Wildman–Crippen MR) is 106 cm³/mol. The lowest BCUT2D eigenvalue weighted by molar-refractivity contribution is -0.153. The van der Waals surface area contributed by atoms with Gasteiger partial charge in [-0.1, -0.05) is 0 Å². The van der Waals surface area contributed by atoms with E-state index in [9.17, 15) is 18.3 Å².